The Morgan fingerprint density at radius 3 is 2.55 bits per heavy atom. The monoisotopic (exact) mass is 536 g/mol. The summed E-state index contributed by atoms with van der Waals surface area (Å²) in [5, 5.41) is 15.2. The van der Waals surface area contributed by atoms with Crippen LogP contribution in [-0.4, -0.2) is 43.6 Å². The number of anilines is 3. The zero-order valence-corrected chi connectivity index (χ0v) is 22.4. The third-order valence-electron chi connectivity index (χ3n) is 5.73. The van der Waals surface area contributed by atoms with Crippen molar-refractivity contribution in [2.24, 2.45) is 0 Å². The molecule has 0 saturated heterocycles. The predicted molar refractivity (Wildman–Crippen MR) is 149 cm³/mol. The number of thiazole rings is 1. The summed E-state index contributed by atoms with van der Waals surface area (Å²) < 4.78 is 16.1. The standard InChI is InChI=1S/C27H29FN6O3S/c1-5-30-25(36)20(15-29)27-34(6-2)26(37)23(38-27)16-31-18-10-9-11-19(14-18)33(4)24(35)17-32(3)22-13-8-7-12-21(22)28/h7-14,16,31H,5-6,17H2,1-4H3,(H,30,36). The Morgan fingerprint density at radius 1 is 1.16 bits per heavy atom. The lowest BCUT2D eigenvalue weighted by Gasteiger charge is -2.24. The first-order chi connectivity index (χ1) is 18.2. The lowest BCUT2D eigenvalue weighted by atomic mass is 10.2. The number of likely N-dealkylation sites (N-methyl/N-ethyl adjacent to an activating group) is 2. The average molecular weight is 537 g/mol. The molecule has 0 atom stereocenters. The Labute approximate surface area is 223 Å². The fraction of sp³-hybridized carbons (Fsp3) is 0.259. The Hall–Kier alpha value is -4.43. The molecule has 1 heterocycles. The van der Waals surface area contributed by atoms with Crippen LogP contribution in [0.25, 0.3) is 11.8 Å². The highest BCUT2D eigenvalue weighted by Gasteiger charge is 2.17. The van der Waals surface area contributed by atoms with Gasteiger partial charge in [-0.25, -0.2) is 4.39 Å². The van der Waals surface area contributed by atoms with Crippen LogP contribution >= 0.6 is 11.3 Å². The van der Waals surface area contributed by atoms with E-state index in [-0.39, 0.29) is 28.2 Å². The van der Waals surface area contributed by atoms with Gasteiger partial charge in [0.15, 0.2) is 5.57 Å². The molecule has 3 aromatic rings. The second-order valence-corrected chi connectivity index (χ2v) is 9.30. The van der Waals surface area contributed by atoms with E-state index in [9.17, 15) is 24.0 Å². The number of halogens is 1. The number of aromatic nitrogens is 1. The van der Waals surface area contributed by atoms with E-state index in [0.717, 1.165) is 11.3 Å². The van der Waals surface area contributed by atoms with Gasteiger partial charge < -0.3 is 20.4 Å². The number of carbonyl (C=O) groups is 2. The van der Waals surface area contributed by atoms with E-state index in [1.807, 2.05) is 6.07 Å². The van der Waals surface area contributed by atoms with Crippen molar-refractivity contribution in [2.75, 3.05) is 42.3 Å². The molecule has 0 aliphatic rings. The lowest BCUT2D eigenvalue weighted by molar-refractivity contribution is -0.117. The maximum absolute atomic E-state index is 14.1. The fourth-order valence-electron chi connectivity index (χ4n) is 3.69. The van der Waals surface area contributed by atoms with Crippen molar-refractivity contribution in [3.8, 4) is 6.07 Å². The normalized spacial score (nSPS) is 11.9. The SMILES string of the molecule is CCNC(=O)C(C#N)=c1sc(=CNc2cccc(N(C)C(=O)CN(C)c3ccccc3F)c2)c(=O)n1CC. The Bertz CT molecular complexity index is 1560. The van der Waals surface area contributed by atoms with Gasteiger partial charge in [0.05, 0.1) is 12.2 Å². The van der Waals surface area contributed by atoms with Crippen LogP contribution in [-0.2, 0) is 16.1 Å². The Balaban J connectivity index is 1.85. The molecule has 0 aliphatic heterocycles. The first kappa shape index (κ1) is 28.1. The van der Waals surface area contributed by atoms with Crippen molar-refractivity contribution < 1.29 is 14.0 Å². The number of nitrogens with one attached hydrogen (secondary N) is 2. The predicted octanol–water partition coefficient (Wildman–Crippen LogP) is 1.83. The summed E-state index contributed by atoms with van der Waals surface area (Å²) in [7, 11) is 3.28. The quantitative estimate of drug-likeness (QED) is 0.432. The minimum Gasteiger partial charge on any atom is -0.363 e. The summed E-state index contributed by atoms with van der Waals surface area (Å²) in [5.74, 6) is -1.17. The van der Waals surface area contributed by atoms with Crippen molar-refractivity contribution in [1.82, 2.24) is 9.88 Å². The summed E-state index contributed by atoms with van der Waals surface area (Å²) in [6.07, 6.45) is 1.52. The molecule has 1 aromatic heterocycles. The molecule has 198 valence electrons. The van der Waals surface area contributed by atoms with Gasteiger partial charge in [-0.05, 0) is 44.2 Å². The first-order valence-electron chi connectivity index (χ1n) is 11.9. The summed E-state index contributed by atoms with van der Waals surface area (Å²) in [5.41, 5.74) is 1.12. The van der Waals surface area contributed by atoms with E-state index in [1.165, 1.54) is 21.7 Å². The minimum atomic E-state index is -0.529. The number of nitriles is 1. The van der Waals surface area contributed by atoms with Gasteiger partial charge in [0.1, 0.15) is 21.1 Å². The van der Waals surface area contributed by atoms with Crippen LogP contribution in [0.5, 0.6) is 0 Å². The molecule has 3 rings (SSSR count). The molecule has 2 N–H and O–H groups in total. The van der Waals surface area contributed by atoms with Gasteiger partial charge >= 0.3 is 0 Å². The highest BCUT2D eigenvalue weighted by atomic mass is 32.1. The molecule has 11 heteroatoms. The smallest absolute Gasteiger partial charge is 0.270 e. The summed E-state index contributed by atoms with van der Waals surface area (Å²) in [6, 6.07) is 15.2. The van der Waals surface area contributed by atoms with E-state index in [2.05, 4.69) is 10.6 Å². The number of carbonyl (C=O) groups excluding carboxylic acids is 2. The molecule has 0 aliphatic carbocycles. The number of para-hydroxylation sites is 1. The number of hydrogen-bond acceptors (Lipinski definition) is 7. The number of amides is 2. The van der Waals surface area contributed by atoms with Crippen molar-refractivity contribution in [3.05, 3.63) is 73.9 Å². The van der Waals surface area contributed by atoms with Gasteiger partial charge in [0, 0.05) is 44.8 Å². The molecular weight excluding hydrogens is 507 g/mol. The van der Waals surface area contributed by atoms with Crippen LogP contribution in [0.3, 0.4) is 0 Å². The average Bonchev–Trinajstić information content (AvgIpc) is 3.22. The molecule has 0 fully saturated rings. The Morgan fingerprint density at radius 2 is 1.89 bits per heavy atom. The van der Waals surface area contributed by atoms with E-state index >= 15 is 0 Å². The maximum Gasteiger partial charge on any atom is 0.270 e. The van der Waals surface area contributed by atoms with Crippen molar-refractivity contribution in [3.63, 3.8) is 0 Å². The highest BCUT2D eigenvalue weighted by molar-refractivity contribution is 7.07. The second-order valence-electron chi connectivity index (χ2n) is 8.27. The minimum absolute atomic E-state index is 0.0287. The largest absolute Gasteiger partial charge is 0.363 e. The zero-order chi connectivity index (χ0) is 27.8. The van der Waals surface area contributed by atoms with Gasteiger partial charge in [-0.2, -0.15) is 5.26 Å². The zero-order valence-electron chi connectivity index (χ0n) is 21.6. The third-order valence-corrected chi connectivity index (χ3v) is 6.86. The van der Waals surface area contributed by atoms with Crippen LogP contribution in [0.1, 0.15) is 13.8 Å². The molecular formula is C27H29FN6O3S. The van der Waals surface area contributed by atoms with Gasteiger partial charge in [0.2, 0.25) is 5.91 Å². The van der Waals surface area contributed by atoms with Crippen molar-refractivity contribution in [1.29, 1.82) is 5.26 Å². The summed E-state index contributed by atoms with van der Waals surface area (Å²) in [4.78, 5) is 41.1. The molecule has 0 bridgehead atoms. The van der Waals surface area contributed by atoms with Crippen molar-refractivity contribution >= 4 is 52.0 Å². The molecule has 2 aromatic carbocycles. The third kappa shape index (κ3) is 6.27. The molecule has 0 spiro atoms. The molecule has 0 radical (unpaired) electrons. The number of benzene rings is 2. The second kappa shape index (κ2) is 12.7. The van der Waals surface area contributed by atoms with Gasteiger partial charge in [-0.1, -0.05) is 18.2 Å². The van der Waals surface area contributed by atoms with Crippen LogP contribution in [0.15, 0.2) is 53.3 Å². The van der Waals surface area contributed by atoms with E-state index in [1.54, 1.807) is 75.3 Å². The van der Waals surface area contributed by atoms with Crippen molar-refractivity contribution in [2.45, 2.75) is 20.4 Å². The van der Waals surface area contributed by atoms with Crippen LogP contribution < -0.4 is 35.2 Å². The van der Waals surface area contributed by atoms with Gasteiger partial charge in [0.25, 0.3) is 11.5 Å². The van der Waals surface area contributed by atoms with Gasteiger partial charge in [-0.15, -0.1) is 11.3 Å². The molecule has 0 saturated carbocycles. The summed E-state index contributed by atoms with van der Waals surface area (Å²) in [6.45, 7) is 4.14. The first-order valence-corrected chi connectivity index (χ1v) is 12.7. The number of rotatable bonds is 9. The van der Waals surface area contributed by atoms with Gasteiger partial charge in [-0.3, -0.25) is 19.0 Å². The number of hydrogen-bond donors (Lipinski definition) is 2. The number of nitrogens with zero attached hydrogens (tertiary/aromatic N) is 4. The molecule has 9 nitrogen and oxygen atoms in total. The van der Waals surface area contributed by atoms with Crippen LogP contribution in [0.2, 0.25) is 0 Å². The van der Waals surface area contributed by atoms with Crippen LogP contribution in [0.4, 0.5) is 21.5 Å². The molecule has 0 unspecified atom stereocenters. The highest BCUT2D eigenvalue weighted by Crippen LogP contribution is 2.20. The fourth-order valence-corrected chi connectivity index (χ4v) is 4.78. The topological polar surface area (TPSA) is 110 Å². The van der Waals surface area contributed by atoms with E-state index < -0.39 is 11.7 Å². The Kier molecular flexibility index (Phi) is 9.40. The maximum atomic E-state index is 14.1. The van der Waals surface area contributed by atoms with Crippen LogP contribution in [0, 0.1) is 17.1 Å². The molecule has 38 heavy (non-hydrogen) atoms. The lowest BCUT2D eigenvalue weighted by Crippen LogP contribution is -2.37. The van der Waals surface area contributed by atoms with E-state index in [4.69, 9.17) is 0 Å². The summed E-state index contributed by atoms with van der Waals surface area (Å²) >= 11 is 1.05. The van der Waals surface area contributed by atoms with E-state index in [0.29, 0.717) is 34.7 Å². The molecule has 2 amide bonds.